The van der Waals surface area contributed by atoms with Crippen LogP contribution in [0.1, 0.15) is 61.2 Å². The number of phenolic OH excluding ortho intramolecular Hbond substituents is 1. The van der Waals surface area contributed by atoms with Gasteiger partial charge in [0.15, 0.2) is 11.4 Å². The first kappa shape index (κ1) is 38.2. The molecule has 8 rings (SSSR count). The maximum absolute atomic E-state index is 14.1. The van der Waals surface area contributed by atoms with Gasteiger partial charge in [-0.15, -0.1) is 21.5 Å². The number of H-pyrrole nitrogens is 1. The number of para-hydroxylation sites is 1. The molecule has 0 spiro atoms. The fourth-order valence-corrected chi connectivity index (χ4v) is 8.74. The Bertz CT molecular complexity index is 2360. The molecule has 2 amide bonds. The lowest BCUT2D eigenvalue weighted by Gasteiger charge is -2.28. The van der Waals surface area contributed by atoms with Crippen molar-refractivity contribution < 1.29 is 29.1 Å². The van der Waals surface area contributed by atoms with Crippen molar-refractivity contribution in [2.75, 3.05) is 32.8 Å². The number of carbonyl (C=O) groups excluding carboxylic acids is 2. The quantitative estimate of drug-likeness (QED) is 0.114. The summed E-state index contributed by atoms with van der Waals surface area (Å²) in [7, 11) is 0. The van der Waals surface area contributed by atoms with Crippen LogP contribution in [0.5, 0.6) is 11.6 Å². The largest absolute Gasteiger partial charge is 0.507 e. The highest BCUT2D eigenvalue weighted by Gasteiger charge is 2.43. The maximum atomic E-state index is 14.1. The Morgan fingerprint density at radius 3 is 2.68 bits per heavy atom. The number of aliphatic hydroxyl groups excluding tert-OH is 1. The van der Waals surface area contributed by atoms with Crippen molar-refractivity contribution in [3.63, 3.8) is 0 Å². The number of aromatic amines is 1. The molecule has 2 aliphatic heterocycles. The second-order valence-corrected chi connectivity index (χ2v) is 16.1. The number of aromatic nitrogens is 5. The Hall–Kier alpha value is -5.64. The van der Waals surface area contributed by atoms with Crippen molar-refractivity contribution in [1.82, 2.24) is 40.4 Å². The van der Waals surface area contributed by atoms with E-state index in [-0.39, 0.29) is 36.4 Å². The number of rotatable bonds is 13. The van der Waals surface area contributed by atoms with E-state index in [2.05, 4.69) is 41.6 Å². The number of β-amino-alcohol motifs (C(OH)–C–C–N with tert-alkyl or cyclic N) is 1. The molecule has 14 nitrogen and oxygen atoms in total. The fourth-order valence-electron chi connectivity index (χ4n) is 7.93. The van der Waals surface area contributed by atoms with Crippen molar-refractivity contribution in [3.05, 3.63) is 95.0 Å². The number of fused-ring (bicyclic) bond motifs is 1. The van der Waals surface area contributed by atoms with E-state index >= 15 is 0 Å². The van der Waals surface area contributed by atoms with Crippen LogP contribution >= 0.6 is 11.3 Å². The van der Waals surface area contributed by atoms with Crippen molar-refractivity contribution in [3.8, 4) is 33.3 Å². The number of hydrogen-bond acceptors (Lipinski definition) is 12. The summed E-state index contributed by atoms with van der Waals surface area (Å²) in [6.45, 7) is 8.99. The molecule has 0 unspecified atom stereocenters. The van der Waals surface area contributed by atoms with Gasteiger partial charge in [-0.3, -0.25) is 14.5 Å². The molecule has 0 aliphatic carbocycles. The molecule has 6 aromatic rings. The number of aliphatic hydroxyl groups is 1. The van der Waals surface area contributed by atoms with Crippen LogP contribution < -0.4 is 10.1 Å². The smallest absolute Gasteiger partial charge is 0.254 e. The molecular formula is C42H46N8O6S. The van der Waals surface area contributed by atoms with Crippen LogP contribution in [0.15, 0.2) is 76.8 Å². The third-order valence-corrected chi connectivity index (χ3v) is 12.0. The van der Waals surface area contributed by atoms with Gasteiger partial charge in [0.1, 0.15) is 24.3 Å². The second-order valence-electron chi connectivity index (χ2n) is 15.3. The lowest BCUT2D eigenvalue weighted by molar-refractivity contribution is -0.141. The van der Waals surface area contributed by atoms with Gasteiger partial charge in [-0.1, -0.05) is 50.2 Å². The summed E-state index contributed by atoms with van der Waals surface area (Å²) in [6.07, 6.45) is 0.318. The van der Waals surface area contributed by atoms with Crippen LogP contribution in [-0.2, 0) is 16.1 Å². The zero-order valence-corrected chi connectivity index (χ0v) is 32.9. The molecule has 57 heavy (non-hydrogen) atoms. The number of thiazole rings is 1. The lowest BCUT2D eigenvalue weighted by Crippen LogP contribution is -2.48. The van der Waals surface area contributed by atoms with Crippen molar-refractivity contribution in [2.45, 2.75) is 64.1 Å². The highest BCUT2D eigenvalue weighted by molar-refractivity contribution is 7.13. The van der Waals surface area contributed by atoms with E-state index in [1.165, 1.54) is 4.90 Å². The highest BCUT2D eigenvalue weighted by atomic mass is 32.1. The topological polar surface area (TPSA) is 183 Å². The lowest BCUT2D eigenvalue weighted by atomic mass is 9.91. The van der Waals surface area contributed by atoms with Crippen molar-refractivity contribution in [2.24, 2.45) is 5.92 Å². The number of likely N-dealkylation sites (tertiary alicyclic amines) is 2. The van der Waals surface area contributed by atoms with E-state index in [0.717, 1.165) is 52.3 Å². The Morgan fingerprint density at radius 2 is 1.91 bits per heavy atom. The first-order valence-electron chi connectivity index (χ1n) is 19.3. The maximum Gasteiger partial charge on any atom is 0.254 e. The summed E-state index contributed by atoms with van der Waals surface area (Å²) in [6, 6.07) is 20.0. The van der Waals surface area contributed by atoms with Crippen LogP contribution in [-0.4, -0.2) is 102 Å². The molecule has 296 valence electrons. The van der Waals surface area contributed by atoms with Crippen LogP contribution in [0.2, 0.25) is 0 Å². The summed E-state index contributed by atoms with van der Waals surface area (Å²) in [5, 5.41) is 37.6. The van der Waals surface area contributed by atoms with Gasteiger partial charge in [0.25, 0.3) is 5.88 Å². The van der Waals surface area contributed by atoms with E-state index in [4.69, 9.17) is 9.26 Å². The van der Waals surface area contributed by atoms with Crippen LogP contribution in [0, 0.1) is 12.8 Å². The molecule has 0 radical (unpaired) electrons. The van der Waals surface area contributed by atoms with E-state index < -0.39 is 18.1 Å². The summed E-state index contributed by atoms with van der Waals surface area (Å²) >= 11 is 1.59. The normalized spacial score (nSPS) is 19.1. The molecule has 4 N–H and O–H groups in total. The van der Waals surface area contributed by atoms with Gasteiger partial charge in [-0.25, -0.2) is 4.98 Å². The van der Waals surface area contributed by atoms with E-state index in [1.807, 2.05) is 68.7 Å². The van der Waals surface area contributed by atoms with Crippen LogP contribution in [0.3, 0.4) is 0 Å². The monoisotopic (exact) mass is 790 g/mol. The molecule has 2 aliphatic rings. The number of benzene rings is 2. The predicted octanol–water partition coefficient (Wildman–Crippen LogP) is 5.64. The van der Waals surface area contributed by atoms with Gasteiger partial charge < -0.3 is 34.7 Å². The predicted molar refractivity (Wildman–Crippen MR) is 215 cm³/mol. The first-order valence-corrected chi connectivity index (χ1v) is 20.2. The van der Waals surface area contributed by atoms with Gasteiger partial charge in [0, 0.05) is 61.2 Å². The van der Waals surface area contributed by atoms with Gasteiger partial charge in [0.05, 0.1) is 27.9 Å². The summed E-state index contributed by atoms with van der Waals surface area (Å²) in [5.74, 6) is -0.384. The number of aryl methyl sites for hydroxylation is 1. The minimum absolute atomic E-state index is 0.0581. The van der Waals surface area contributed by atoms with Gasteiger partial charge >= 0.3 is 0 Å². The minimum Gasteiger partial charge on any atom is -0.507 e. The Balaban J connectivity index is 0.840. The van der Waals surface area contributed by atoms with Gasteiger partial charge in [-0.2, -0.15) is 0 Å². The zero-order chi connectivity index (χ0) is 39.6. The summed E-state index contributed by atoms with van der Waals surface area (Å²) in [5.41, 5.74) is 7.88. The Labute approximate surface area is 333 Å². The number of nitrogens with zero attached hydrogens (tertiary/aromatic N) is 6. The average Bonchev–Trinajstić information content (AvgIpc) is 4.06. The minimum atomic E-state index is -0.814. The molecule has 0 saturated carbocycles. The second kappa shape index (κ2) is 16.5. The number of amides is 2. The molecule has 6 heterocycles. The summed E-state index contributed by atoms with van der Waals surface area (Å²) in [4.78, 5) is 40.2. The van der Waals surface area contributed by atoms with Crippen LogP contribution in [0.25, 0.3) is 32.7 Å². The molecule has 4 atom stereocenters. The number of aromatic hydroxyl groups is 1. The fraction of sp³-hybridized carbons (Fsp3) is 0.381. The average molecular weight is 791 g/mol. The molecular weight excluding hydrogens is 745 g/mol. The molecule has 2 aromatic carbocycles. The first-order chi connectivity index (χ1) is 27.6. The number of carbonyl (C=O) groups is 2. The number of hydrogen-bond donors (Lipinski definition) is 4. The zero-order valence-electron chi connectivity index (χ0n) is 32.1. The number of nitrogens with one attached hydrogen (secondary N) is 2. The van der Waals surface area contributed by atoms with Gasteiger partial charge in [0.2, 0.25) is 11.8 Å². The molecule has 0 bridgehead atoms. The molecule has 2 saturated heterocycles. The summed E-state index contributed by atoms with van der Waals surface area (Å²) < 4.78 is 11.7. The van der Waals surface area contributed by atoms with E-state index in [1.54, 1.807) is 29.5 Å². The van der Waals surface area contributed by atoms with Crippen molar-refractivity contribution in [1.29, 1.82) is 0 Å². The van der Waals surface area contributed by atoms with Gasteiger partial charge in [-0.05, 0) is 66.4 Å². The third-order valence-electron chi connectivity index (χ3n) is 11.0. The van der Waals surface area contributed by atoms with E-state index in [9.17, 15) is 19.8 Å². The van der Waals surface area contributed by atoms with E-state index in [0.29, 0.717) is 54.2 Å². The van der Waals surface area contributed by atoms with Crippen LogP contribution in [0.4, 0.5) is 0 Å². The Morgan fingerprint density at radius 1 is 1.09 bits per heavy atom. The standard InChI is InChI=1S/C42H46N8O6S/c1-24(2)38(42(54)50-22-30(51)18-34(50)41(53)43-20-26-8-10-27(11-9-26)39-25(3)44-23-57-39)36-19-37(48-56-36)55-15-14-49-13-12-28(21-49)32-16-29-17-33(46-47-40(29)45-32)31-6-4-5-7-35(31)52/h4-11,16-17,19,23-24,28,30,34,38,51-52H,12-15,18,20-22H2,1-3H3,(H,43,53)(H,45,47)/t28-,30+,34-,38+/m0/s1. The van der Waals surface area contributed by atoms with Crippen molar-refractivity contribution >= 4 is 34.2 Å². The SMILES string of the molecule is Cc1ncsc1-c1ccc(CNC(=O)[C@@H]2C[C@@H](O)CN2C(=O)[C@@H](c2cc(OCCN3CC[C@H](c4cc5cc(-c6ccccc6O)nnc5[nH]4)C3)no2)C(C)C)cc1. The molecule has 4 aromatic heterocycles. The molecule has 15 heteroatoms. The Kier molecular flexibility index (Phi) is 11.0. The highest BCUT2D eigenvalue weighted by Crippen LogP contribution is 2.34. The number of phenols is 1. The third kappa shape index (κ3) is 8.27. The molecule has 2 fully saturated rings. The number of ether oxygens (including phenoxy) is 1.